The zero-order valence-electron chi connectivity index (χ0n) is 25.5. The van der Waals surface area contributed by atoms with Crippen LogP contribution in [0.5, 0.6) is 0 Å². The Bertz CT molecular complexity index is 1080. The Kier molecular flexibility index (Phi) is 12.9. The van der Waals surface area contributed by atoms with E-state index in [4.69, 9.17) is 4.74 Å². The molecule has 0 spiro atoms. The van der Waals surface area contributed by atoms with Crippen LogP contribution >= 0.6 is 23.5 Å². The predicted octanol–water partition coefficient (Wildman–Crippen LogP) is 1.87. The van der Waals surface area contributed by atoms with Gasteiger partial charge in [-0.25, -0.2) is 4.79 Å². The molecule has 0 bridgehead atoms. The van der Waals surface area contributed by atoms with Gasteiger partial charge in [0.25, 0.3) is 11.8 Å². The van der Waals surface area contributed by atoms with Crippen molar-refractivity contribution in [3.05, 3.63) is 12.2 Å². The fraction of sp³-hybridized carbons (Fsp3) is 0.724. The third-order valence-corrected chi connectivity index (χ3v) is 10.1. The molecule has 3 rings (SSSR count). The van der Waals surface area contributed by atoms with Gasteiger partial charge in [0.1, 0.15) is 0 Å². The summed E-state index contributed by atoms with van der Waals surface area (Å²) in [5.74, 6) is -0.247. The van der Waals surface area contributed by atoms with Crippen LogP contribution in [0.25, 0.3) is 0 Å². The number of ether oxygens (including phenoxy) is 1. The Balaban J connectivity index is 1.20. The molecule has 0 radical (unpaired) electrons. The summed E-state index contributed by atoms with van der Waals surface area (Å²) >= 11 is 2.91. The molecule has 14 heteroatoms. The second-order valence-corrected chi connectivity index (χ2v) is 14.6. The topological polar surface area (TPSA) is 163 Å². The average Bonchev–Trinajstić information content (AvgIpc) is 3.57. The maximum atomic E-state index is 12.3. The van der Waals surface area contributed by atoms with Gasteiger partial charge in [-0.1, -0.05) is 18.2 Å². The second kappa shape index (κ2) is 15.9. The smallest absolute Gasteiger partial charge is 0.315 e. The molecule has 43 heavy (non-hydrogen) atoms. The molecule has 6 amide bonds. The summed E-state index contributed by atoms with van der Waals surface area (Å²) in [5.41, 5.74) is -1.05. The first-order valence-corrected chi connectivity index (χ1v) is 16.9. The SMILES string of the molecule is CC(C)(CCOC(C)(C)CCNC(=O)CSC(=O)CCCCC1SCC2NC(=O)NC21)NC(=O)CCN1C(=O)C=CC1=O. The van der Waals surface area contributed by atoms with Gasteiger partial charge in [0.15, 0.2) is 5.12 Å². The van der Waals surface area contributed by atoms with E-state index in [9.17, 15) is 28.8 Å². The van der Waals surface area contributed by atoms with Crippen molar-refractivity contribution in [2.24, 2.45) is 0 Å². The van der Waals surface area contributed by atoms with E-state index in [2.05, 4.69) is 21.3 Å². The van der Waals surface area contributed by atoms with Crippen LogP contribution in [0.2, 0.25) is 0 Å². The fourth-order valence-electron chi connectivity index (χ4n) is 5.05. The molecule has 2 saturated heterocycles. The number of hydrogen-bond acceptors (Lipinski definition) is 9. The molecule has 4 N–H and O–H groups in total. The van der Waals surface area contributed by atoms with Crippen molar-refractivity contribution in [3.8, 4) is 0 Å². The molecule has 3 aliphatic rings. The van der Waals surface area contributed by atoms with Crippen LogP contribution in [-0.4, -0.2) is 99.4 Å². The highest BCUT2D eigenvalue weighted by molar-refractivity contribution is 8.14. The first-order chi connectivity index (χ1) is 20.2. The number of urea groups is 1. The second-order valence-electron chi connectivity index (χ2n) is 12.3. The van der Waals surface area contributed by atoms with Crippen molar-refractivity contribution >= 4 is 58.3 Å². The molecule has 0 aromatic rings. The molecule has 240 valence electrons. The van der Waals surface area contributed by atoms with E-state index in [1.165, 1.54) is 12.2 Å². The van der Waals surface area contributed by atoms with Gasteiger partial charge in [0.05, 0.1) is 23.4 Å². The zero-order valence-corrected chi connectivity index (χ0v) is 27.1. The van der Waals surface area contributed by atoms with E-state index >= 15 is 0 Å². The van der Waals surface area contributed by atoms with E-state index in [0.717, 1.165) is 41.7 Å². The van der Waals surface area contributed by atoms with Crippen molar-refractivity contribution in [1.82, 2.24) is 26.2 Å². The number of nitrogens with one attached hydrogen (secondary N) is 4. The van der Waals surface area contributed by atoms with Gasteiger partial charge in [0, 0.05) is 61.2 Å². The fourth-order valence-corrected chi connectivity index (χ4v) is 7.28. The summed E-state index contributed by atoms with van der Waals surface area (Å²) in [5, 5.41) is 12.1. The van der Waals surface area contributed by atoms with E-state index in [1.807, 2.05) is 39.5 Å². The summed E-state index contributed by atoms with van der Waals surface area (Å²) in [4.78, 5) is 72.6. The Morgan fingerprint density at radius 3 is 2.47 bits per heavy atom. The number of imide groups is 1. The van der Waals surface area contributed by atoms with E-state index in [0.29, 0.717) is 37.7 Å². The Hall–Kier alpha value is -2.58. The first kappa shape index (κ1) is 34.9. The lowest BCUT2D eigenvalue weighted by Gasteiger charge is -2.30. The number of hydrogen-bond donors (Lipinski definition) is 4. The van der Waals surface area contributed by atoms with Gasteiger partial charge in [0.2, 0.25) is 11.8 Å². The third kappa shape index (κ3) is 11.8. The number of amides is 6. The van der Waals surface area contributed by atoms with Crippen LogP contribution in [0.1, 0.15) is 72.6 Å². The zero-order chi connectivity index (χ0) is 31.6. The summed E-state index contributed by atoms with van der Waals surface area (Å²) in [6.45, 7) is 8.46. The van der Waals surface area contributed by atoms with Gasteiger partial charge in [-0.2, -0.15) is 11.8 Å². The summed E-state index contributed by atoms with van der Waals surface area (Å²) < 4.78 is 6.02. The number of carbonyl (C=O) groups is 6. The molecule has 3 atom stereocenters. The number of thioether (sulfide) groups is 2. The molecular weight excluding hydrogens is 594 g/mol. The predicted molar refractivity (Wildman–Crippen MR) is 166 cm³/mol. The largest absolute Gasteiger partial charge is 0.375 e. The standard InChI is InChI=1S/C29H45N5O7S2/c1-28(2,33-21(35)11-15-34-23(37)9-10-24(34)38)13-16-41-29(3,4)12-14-30-22(36)18-43-25(39)8-6-5-7-20-26-19(17-42-20)31-27(40)32-26/h9-10,19-20,26H,5-8,11-18H2,1-4H3,(H,30,36)(H,33,35)(H2,31,32,40). The maximum Gasteiger partial charge on any atom is 0.315 e. The Labute approximate surface area is 262 Å². The molecule has 0 aliphatic carbocycles. The van der Waals surface area contributed by atoms with Gasteiger partial charge in [-0.05, 0) is 53.4 Å². The molecule has 12 nitrogen and oxygen atoms in total. The van der Waals surface area contributed by atoms with E-state index in [1.54, 1.807) is 0 Å². The normalized spacial score (nSPS) is 21.5. The molecule has 0 aromatic heterocycles. The molecule has 0 saturated carbocycles. The van der Waals surface area contributed by atoms with Crippen LogP contribution in [0.4, 0.5) is 4.79 Å². The van der Waals surface area contributed by atoms with Crippen molar-refractivity contribution in [2.75, 3.05) is 31.2 Å². The van der Waals surface area contributed by atoms with Crippen LogP contribution in [0, 0.1) is 0 Å². The highest BCUT2D eigenvalue weighted by atomic mass is 32.2. The van der Waals surface area contributed by atoms with Crippen molar-refractivity contribution < 1.29 is 33.5 Å². The minimum absolute atomic E-state index is 0.0105. The summed E-state index contributed by atoms with van der Waals surface area (Å²) in [6, 6.07) is 0.298. The van der Waals surface area contributed by atoms with E-state index in [-0.39, 0.29) is 53.8 Å². The van der Waals surface area contributed by atoms with Gasteiger partial charge < -0.3 is 26.0 Å². The molecule has 2 fully saturated rings. The highest BCUT2D eigenvalue weighted by Crippen LogP contribution is 2.33. The van der Waals surface area contributed by atoms with Crippen molar-refractivity contribution in [1.29, 1.82) is 0 Å². The third-order valence-electron chi connectivity index (χ3n) is 7.63. The van der Waals surface area contributed by atoms with Crippen molar-refractivity contribution in [2.45, 2.75) is 101 Å². The number of fused-ring (bicyclic) bond motifs is 1. The molecule has 3 unspecified atom stereocenters. The number of unbranched alkanes of at least 4 members (excludes halogenated alkanes) is 1. The minimum atomic E-state index is -0.550. The molecular formula is C29H45N5O7S2. The number of rotatable bonds is 18. The average molecular weight is 640 g/mol. The lowest BCUT2D eigenvalue weighted by molar-refractivity contribution is -0.137. The van der Waals surface area contributed by atoms with Crippen LogP contribution in [0.3, 0.4) is 0 Å². The summed E-state index contributed by atoms with van der Waals surface area (Å²) in [6.07, 6.45) is 6.61. The monoisotopic (exact) mass is 639 g/mol. The van der Waals surface area contributed by atoms with Crippen LogP contribution < -0.4 is 21.3 Å². The minimum Gasteiger partial charge on any atom is -0.375 e. The molecule has 3 heterocycles. The molecule has 3 aliphatic heterocycles. The van der Waals surface area contributed by atoms with Gasteiger partial charge in [-0.3, -0.25) is 28.9 Å². The van der Waals surface area contributed by atoms with Crippen LogP contribution in [-0.2, 0) is 28.7 Å². The Morgan fingerprint density at radius 2 is 1.74 bits per heavy atom. The lowest BCUT2D eigenvalue weighted by atomic mass is 10.00. The maximum absolute atomic E-state index is 12.3. The first-order valence-electron chi connectivity index (χ1n) is 14.8. The lowest BCUT2D eigenvalue weighted by Crippen LogP contribution is -2.46. The summed E-state index contributed by atoms with van der Waals surface area (Å²) in [7, 11) is 0. The van der Waals surface area contributed by atoms with Crippen LogP contribution in [0.15, 0.2) is 12.2 Å². The van der Waals surface area contributed by atoms with Gasteiger partial charge >= 0.3 is 6.03 Å². The van der Waals surface area contributed by atoms with Crippen molar-refractivity contribution in [3.63, 3.8) is 0 Å². The number of carbonyl (C=O) groups excluding carboxylic acids is 6. The Morgan fingerprint density at radius 1 is 1.02 bits per heavy atom. The number of nitrogens with zero attached hydrogens (tertiary/aromatic N) is 1. The highest BCUT2D eigenvalue weighted by Gasteiger charge is 2.42. The quantitative estimate of drug-likeness (QED) is 0.0996. The van der Waals surface area contributed by atoms with Gasteiger partial charge in [-0.15, -0.1) is 0 Å². The van der Waals surface area contributed by atoms with E-state index < -0.39 is 23.0 Å². The molecule has 0 aromatic carbocycles.